The Kier molecular flexibility index (Phi) is 4.80. The number of hydrogen-bond donors (Lipinski definition) is 1. The molecule has 1 aromatic heterocycles. The zero-order valence-electron chi connectivity index (χ0n) is 9.78. The predicted molar refractivity (Wildman–Crippen MR) is 75.0 cm³/mol. The maximum atomic E-state index is 6.05. The van der Waals surface area contributed by atoms with Gasteiger partial charge in [-0.05, 0) is 22.4 Å². The van der Waals surface area contributed by atoms with E-state index in [0.29, 0.717) is 6.61 Å². The second-order valence-corrected chi connectivity index (χ2v) is 5.47. The van der Waals surface area contributed by atoms with Gasteiger partial charge in [0.2, 0.25) is 0 Å². The van der Waals surface area contributed by atoms with Gasteiger partial charge in [0.15, 0.2) is 0 Å². The van der Waals surface area contributed by atoms with E-state index in [9.17, 15) is 0 Å². The lowest BCUT2D eigenvalue weighted by Crippen LogP contribution is -2.25. The molecule has 0 saturated heterocycles. The molecular weight excluding hydrogens is 254 g/mol. The van der Waals surface area contributed by atoms with Crippen LogP contribution >= 0.6 is 22.9 Å². The third-order valence-corrected chi connectivity index (χ3v) is 3.88. The van der Waals surface area contributed by atoms with Crippen LogP contribution in [0.1, 0.15) is 5.56 Å². The number of nitrogens with one attached hydrogen (secondary N) is 1. The minimum atomic E-state index is 0.0323. The second kappa shape index (κ2) is 6.36. The van der Waals surface area contributed by atoms with Gasteiger partial charge in [-0.15, -0.1) is 22.9 Å². The van der Waals surface area contributed by atoms with Crippen LogP contribution < -0.4 is 5.32 Å². The minimum absolute atomic E-state index is 0.0323. The Labute approximate surface area is 111 Å². The van der Waals surface area contributed by atoms with Crippen LogP contribution in [0, 0.1) is 0 Å². The highest BCUT2D eigenvalue weighted by atomic mass is 35.5. The van der Waals surface area contributed by atoms with Crippen molar-refractivity contribution in [1.29, 1.82) is 0 Å². The van der Waals surface area contributed by atoms with Gasteiger partial charge in [-0.25, -0.2) is 0 Å². The van der Waals surface area contributed by atoms with Gasteiger partial charge in [-0.3, -0.25) is 0 Å². The first-order valence-corrected chi connectivity index (χ1v) is 6.91. The molecule has 0 fully saturated rings. The Morgan fingerprint density at radius 1 is 1.41 bits per heavy atom. The van der Waals surface area contributed by atoms with Crippen molar-refractivity contribution in [1.82, 2.24) is 5.32 Å². The number of halogens is 1. The van der Waals surface area contributed by atoms with Crippen LogP contribution in [0.2, 0.25) is 0 Å². The molecule has 1 N–H and O–H groups in total. The summed E-state index contributed by atoms with van der Waals surface area (Å²) in [4.78, 5) is 0. The number of benzene rings is 1. The normalized spacial score (nSPS) is 13.1. The van der Waals surface area contributed by atoms with E-state index in [-0.39, 0.29) is 5.38 Å². The van der Waals surface area contributed by atoms with E-state index >= 15 is 0 Å². The van der Waals surface area contributed by atoms with Crippen molar-refractivity contribution in [3.8, 4) is 0 Å². The number of ether oxygens (including phenoxy) is 1. The Morgan fingerprint density at radius 2 is 2.24 bits per heavy atom. The molecule has 1 unspecified atom stereocenters. The summed E-state index contributed by atoms with van der Waals surface area (Å²) >= 11 is 7.84. The van der Waals surface area contributed by atoms with E-state index in [1.54, 1.807) is 18.4 Å². The monoisotopic (exact) mass is 269 g/mol. The quantitative estimate of drug-likeness (QED) is 0.813. The average molecular weight is 270 g/mol. The van der Waals surface area contributed by atoms with Crippen LogP contribution in [0.15, 0.2) is 29.6 Å². The zero-order valence-corrected chi connectivity index (χ0v) is 11.4. The maximum absolute atomic E-state index is 6.05. The number of fused-ring (bicyclic) bond motifs is 1. The van der Waals surface area contributed by atoms with E-state index in [1.807, 2.05) is 0 Å². The molecule has 1 heterocycles. The van der Waals surface area contributed by atoms with Crippen LogP contribution in [0.3, 0.4) is 0 Å². The first-order valence-electron chi connectivity index (χ1n) is 5.60. The van der Waals surface area contributed by atoms with E-state index < -0.39 is 0 Å². The summed E-state index contributed by atoms with van der Waals surface area (Å²) in [6.45, 7) is 2.20. The van der Waals surface area contributed by atoms with Crippen molar-refractivity contribution < 1.29 is 4.74 Å². The van der Waals surface area contributed by atoms with Crippen molar-refractivity contribution in [2.75, 3.05) is 20.3 Å². The van der Waals surface area contributed by atoms with Gasteiger partial charge in [-0.2, -0.15) is 0 Å². The molecule has 0 bridgehead atoms. The summed E-state index contributed by atoms with van der Waals surface area (Å²) < 4.78 is 6.33. The molecule has 0 amide bonds. The lowest BCUT2D eigenvalue weighted by atomic mass is 10.2. The molecule has 1 atom stereocenters. The number of methoxy groups -OCH3 is 1. The minimum Gasteiger partial charge on any atom is -0.383 e. The molecule has 4 heteroatoms. The molecule has 0 aliphatic heterocycles. The Morgan fingerprint density at radius 3 is 3.06 bits per heavy atom. The van der Waals surface area contributed by atoms with Gasteiger partial charge < -0.3 is 10.1 Å². The Balaban J connectivity index is 1.91. The second-order valence-electron chi connectivity index (χ2n) is 3.94. The standard InChI is InChI=1S/C13H16ClNOS/c1-16-8-11(14)7-15-6-10-9-17-13-5-3-2-4-12(10)13/h2-5,9,11,15H,6-8H2,1H3. The molecule has 0 aliphatic carbocycles. The highest BCUT2D eigenvalue weighted by Gasteiger charge is 2.05. The topological polar surface area (TPSA) is 21.3 Å². The SMILES string of the molecule is COCC(Cl)CNCc1csc2ccccc12. The summed E-state index contributed by atoms with van der Waals surface area (Å²) in [5, 5.41) is 6.93. The van der Waals surface area contributed by atoms with Crippen molar-refractivity contribution in [3.05, 3.63) is 35.2 Å². The molecule has 2 aromatic rings. The van der Waals surface area contributed by atoms with Crippen molar-refractivity contribution in [2.45, 2.75) is 11.9 Å². The Hall–Kier alpha value is -0.610. The zero-order chi connectivity index (χ0) is 12.1. The highest BCUT2D eigenvalue weighted by Crippen LogP contribution is 2.25. The van der Waals surface area contributed by atoms with Crippen molar-refractivity contribution in [2.24, 2.45) is 0 Å². The maximum Gasteiger partial charge on any atom is 0.0694 e. The highest BCUT2D eigenvalue weighted by molar-refractivity contribution is 7.17. The summed E-state index contributed by atoms with van der Waals surface area (Å²) in [6.07, 6.45) is 0. The lowest BCUT2D eigenvalue weighted by molar-refractivity contribution is 0.197. The van der Waals surface area contributed by atoms with E-state index in [2.05, 4.69) is 35.0 Å². The predicted octanol–water partition coefficient (Wildman–Crippen LogP) is 3.24. The molecule has 1 aromatic carbocycles. The van der Waals surface area contributed by atoms with Crippen LogP contribution in [0.4, 0.5) is 0 Å². The van der Waals surface area contributed by atoms with Gasteiger partial charge in [0.25, 0.3) is 0 Å². The molecule has 17 heavy (non-hydrogen) atoms. The first-order chi connectivity index (χ1) is 8.31. The summed E-state index contributed by atoms with van der Waals surface area (Å²) in [5.41, 5.74) is 1.34. The van der Waals surface area contributed by atoms with Gasteiger partial charge in [0, 0.05) is 24.9 Å². The molecule has 2 nitrogen and oxygen atoms in total. The first kappa shape index (κ1) is 12.8. The van der Waals surface area contributed by atoms with Crippen molar-refractivity contribution >= 4 is 33.0 Å². The van der Waals surface area contributed by atoms with E-state index in [4.69, 9.17) is 16.3 Å². The number of thiophene rings is 1. The van der Waals surface area contributed by atoms with Gasteiger partial charge in [-0.1, -0.05) is 18.2 Å². The number of rotatable bonds is 6. The van der Waals surface area contributed by atoms with E-state index in [0.717, 1.165) is 13.1 Å². The average Bonchev–Trinajstić information content (AvgIpc) is 2.73. The molecular formula is C13H16ClNOS. The van der Waals surface area contributed by atoms with Crippen LogP contribution in [0.25, 0.3) is 10.1 Å². The third-order valence-electron chi connectivity index (χ3n) is 2.59. The van der Waals surface area contributed by atoms with Crippen LogP contribution in [-0.2, 0) is 11.3 Å². The fraction of sp³-hybridized carbons (Fsp3) is 0.385. The molecule has 0 aliphatic rings. The fourth-order valence-electron chi connectivity index (χ4n) is 1.77. The molecule has 0 saturated carbocycles. The van der Waals surface area contributed by atoms with Gasteiger partial charge in [0.05, 0.1) is 12.0 Å². The third kappa shape index (κ3) is 3.42. The largest absolute Gasteiger partial charge is 0.383 e. The molecule has 0 radical (unpaired) electrons. The molecule has 0 spiro atoms. The Bertz CT molecular complexity index is 471. The number of alkyl halides is 1. The van der Waals surface area contributed by atoms with Crippen molar-refractivity contribution in [3.63, 3.8) is 0 Å². The molecule has 2 rings (SSSR count). The summed E-state index contributed by atoms with van der Waals surface area (Å²) in [6, 6.07) is 8.46. The fourth-order valence-corrected chi connectivity index (χ4v) is 2.97. The summed E-state index contributed by atoms with van der Waals surface area (Å²) in [5.74, 6) is 0. The van der Waals surface area contributed by atoms with Gasteiger partial charge >= 0.3 is 0 Å². The van der Waals surface area contributed by atoms with Gasteiger partial charge in [0.1, 0.15) is 0 Å². The number of hydrogen-bond acceptors (Lipinski definition) is 3. The molecule has 92 valence electrons. The van der Waals surface area contributed by atoms with Crippen LogP contribution in [0.5, 0.6) is 0 Å². The summed E-state index contributed by atoms with van der Waals surface area (Å²) in [7, 11) is 1.67. The van der Waals surface area contributed by atoms with E-state index in [1.165, 1.54) is 15.6 Å². The smallest absolute Gasteiger partial charge is 0.0694 e. The lowest BCUT2D eigenvalue weighted by Gasteiger charge is -2.09. The van der Waals surface area contributed by atoms with Crippen LogP contribution in [-0.4, -0.2) is 25.6 Å².